The zero-order valence-electron chi connectivity index (χ0n) is 23.4. The van der Waals surface area contributed by atoms with Gasteiger partial charge in [-0.3, -0.25) is 4.79 Å². The van der Waals surface area contributed by atoms with Gasteiger partial charge >= 0.3 is 5.97 Å². The number of esters is 1. The highest BCUT2D eigenvalue weighted by Crippen LogP contribution is 2.34. The Hall–Kier alpha value is -4.17. The van der Waals surface area contributed by atoms with E-state index in [1.54, 1.807) is 51.3 Å². The molecule has 9 heteroatoms. The van der Waals surface area contributed by atoms with E-state index in [1.807, 2.05) is 31.2 Å². The first-order chi connectivity index (χ1) is 19.1. The van der Waals surface area contributed by atoms with Crippen LogP contribution in [0.1, 0.15) is 50.3 Å². The second kappa shape index (κ2) is 12.3. The zero-order valence-corrected chi connectivity index (χ0v) is 24.2. The molecule has 0 saturated carbocycles. The average molecular weight is 562 g/mol. The molecule has 4 aromatic rings. The largest absolute Gasteiger partial charge is 0.496 e. The monoisotopic (exact) mass is 561 g/mol. The van der Waals surface area contributed by atoms with E-state index >= 15 is 0 Å². The maximum Gasteiger partial charge on any atom is 0.344 e. The summed E-state index contributed by atoms with van der Waals surface area (Å²) < 4.78 is 17.5. The van der Waals surface area contributed by atoms with E-state index in [-0.39, 0.29) is 29.2 Å². The van der Waals surface area contributed by atoms with Gasteiger partial charge in [-0.15, -0.1) is 0 Å². The SMILES string of the molecule is COc1cc(C)c(-c2nc3ccccc3c(=O)n2N=Cc2ccc(OCC(=O)OC(C)C)c(Cl)c2)cc1C(C)C. The molecule has 0 aliphatic carbocycles. The smallest absolute Gasteiger partial charge is 0.344 e. The number of carbonyl (C=O) groups is 1. The summed E-state index contributed by atoms with van der Waals surface area (Å²) in [6, 6.07) is 16.2. The average Bonchev–Trinajstić information content (AvgIpc) is 2.91. The molecular weight excluding hydrogens is 530 g/mol. The molecule has 1 heterocycles. The highest BCUT2D eigenvalue weighted by atomic mass is 35.5. The quantitative estimate of drug-likeness (QED) is 0.174. The van der Waals surface area contributed by atoms with Crippen molar-refractivity contribution in [2.45, 2.75) is 46.6 Å². The molecule has 4 rings (SSSR count). The molecule has 0 unspecified atom stereocenters. The first-order valence-corrected chi connectivity index (χ1v) is 13.3. The Morgan fingerprint density at radius 3 is 2.50 bits per heavy atom. The normalized spacial score (nSPS) is 11.5. The number of carbonyl (C=O) groups excluding carboxylic acids is 1. The Morgan fingerprint density at radius 1 is 1.07 bits per heavy atom. The van der Waals surface area contributed by atoms with Crippen LogP contribution in [0.4, 0.5) is 0 Å². The summed E-state index contributed by atoms with van der Waals surface area (Å²) >= 11 is 6.40. The van der Waals surface area contributed by atoms with Crippen molar-refractivity contribution >= 4 is 34.7 Å². The van der Waals surface area contributed by atoms with Gasteiger partial charge in [0, 0.05) is 5.56 Å². The maximum absolute atomic E-state index is 13.6. The van der Waals surface area contributed by atoms with Gasteiger partial charge < -0.3 is 14.2 Å². The van der Waals surface area contributed by atoms with Crippen LogP contribution in [-0.4, -0.2) is 41.7 Å². The highest BCUT2D eigenvalue weighted by molar-refractivity contribution is 6.32. The number of hydrogen-bond acceptors (Lipinski definition) is 7. The summed E-state index contributed by atoms with van der Waals surface area (Å²) in [7, 11) is 1.65. The van der Waals surface area contributed by atoms with Crippen molar-refractivity contribution in [2.24, 2.45) is 5.10 Å². The maximum atomic E-state index is 13.6. The van der Waals surface area contributed by atoms with Crippen LogP contribution in [0, 0.1) is 6.92 Å². The van der Waals surface area contributed by atoms with Gasteiger partial charge in [0.05, 0.1) is 35.4 Å². The highest BCUT2D eigenvalue weighted by Gasteiger charge is 2.18. The summed E-state index contributed by atoms with van der Waals surface area (Å²) in [6.45, 7) is 9.39. The second-order valence-corrected chi connectivity index (χ2v) is 10.3. The number of benzene rings is 3. The van der Waals surface area contributed by atoms with Crippen molar-refractivity contribution in [3.63, 3.8) is 0 Å². The number of halogens is 1. The number of aryl methyl sites for hydroxylation is 1. The third-order valence-electron chi connectivity index (χ3n) is 6.18. The van der Waals surface area contributed by atoms with E-state index in [9.17, 15) is 9.59 Å². The van der Waals surface area contributed by atoms with E-state index < -0.39 is 5.97 Å². The second-order valence-electron chi connectivity index (χ2n) is 9.90. The van der Waals surface area contributed by atoms with Gasteiger partial charge in [-0.1, -0.05) is 37.6 Å². The van der Waals surface area contributed by atoms with Gasteiger partial charge in [-0.05, 0) is 85.8 Å². The molecule has 0 atom stereocenters. The van der Waals surface area contributed by atoms with Gasteiger partial charge in [0.15, 0.2) is 12.4 Å². The van der Waals surface area contributed by atoms with Crippen molar-refractivity contribution in [1.82, 2.24) is 9.66 Å². The lowest BCUT2D eigenvalue weighted by molar-refractivity contribution is -0.149. The van der Waals surface area contributed by atoms with Crippen LogP contribution in [-0.2, 0) is 9.53 Å². The van der Waals surface area contributed by atoms with Crippen LogP contribution in [0.25, 0.3) is 22.3 Å². The minimum Gasteiger partial charge on any atom is -0.496 e. The number of ether oxygens (including phenoxy) is 3. The van der Waals surface area contributed by atoms with E-state index in [1.165, 1.54) is 10.9 Å². The van der Waals surface area contributed by atoms with Gasteiger partial charge in [0.1, 0.15) is 11.5 Å². The number of fused-ring (bicyclic) bond motifs is 1. The minimum atomic E-state index is -0.484. The number of para-hydroxylation sites is 1. The predicted octanol–water partition coefficient (Wildman–Crippen LogP) is 6.37. The Labute approximate surface area is 238 Å². The summed E-state index contributed by atoms with van der Waals surface area (Å²) in [5, 5.41) is 5.29. The van der Waals surface area contributed by atoms with E-state index in [0.717, 1.165) is 22.4 Å². The molecule has 208 valence electrons. The summed E-state index contributed by atoms with van der Waals surface area (Å²) in [6.07, 6.45) is 1.30. The summed E-state index contributed by atoms with van der Waals surface area (Å²) in [5.41, 5.74) is 3.58. The topological polar surface area (TPSA) is 92.0 Å². The molecule has 1 aromatic heterocycles. The fraction of sp³-hybridized carbons (Fsp3) is 0.290. The molecule has 3 aromatic carbocycles. The molecule has 0 fully saturated rings. The van der Waals surface area contributed by atoms with E-state index in [4.69, 9.17) is 30.8 Å². The number of nitrogens with zero attached hydrogens (tertiary/aromatic N) is 3. The standard InChI is InChI=1S/C31H32ClN3O5/c1-18(2)23-15-24(20(5)13-28(23)38-6)30-34-26-10-8-7-9-22(26)31(37)35(30)33-16-21-11-12-27(25(32)14-21)39-17-29(36)40-19(3)4/h7-16,18-19H,17H2,1-6H3. The molecular formula is C31H32ClN3O5. The Morgan fingerprint density at radius 2 is 1.82 bits per heavy atom. The Balaban J connectivity index is 1.76. The fourth-order valence-electron chi connectivity index (χ4n) is 4.24. The van der Waals surface area contributed by atoms with Crippen molar-refractivity contribution in [2.75, 3.05) is 13.7 Å². The van der Waals surface area contributed by atoms with Gasteiger partial charge in [0.25, 0.3) is 5.56 Å². The molecule has 0 aliphatic rings. The van der Waals surface area contributed by atoms with Crippen molar-refractivity contribution in [3.05, 3.63) is 86.7 Å². The number of methoxy groups -OCH3 is 1. The van der Waals surface area contributed by atoms with Crippen LogP contribution in [0.2, 0.25) is 5.02 Å². The van der Waals surface area contributed by atoms with Crippen LogP contribution >= 0.6 is 11.6 Å². The number of rotatable bonds is 9. The molecule has 0 N–H and O–H groups in total. The lowest BCUT2D eigenvalue weighted by Crippen LogP contribution is -2.21. The van der Waals surface area contributed by atoms with Crippen LogP contribution in [0.3, 0.4) is 0 Å². The molecule has 0 bridgehead atoms. The Kier molecular flexibility index (Phi) is 8.90. The summed E-state index contributed by atoms with van der Waals surface area (Å²) in [5.74, 6) is 1.23. The van der Waals surface area contributed by atoms with Crippen LogP contribution in [0.15, 0.2) is 64.5 Å². The van der Waals surface area contributed by atoms with Crippen molar-refractivity contribution in [1.29, 1.82) is 0 Å². The third kappa shape index (κ3) is 6.34. The molecule has 8 nitrogen and oxygen atoms in total. The van der Waals surface area contributed by atoms with Crippen LogP contribution < -0.4 is 15.0 Å². The first-order valence-electron chi connectivity index (χ1n) is 13.0. The predicted molar refractivity (Wildman–Crippen MR) is 158 cm³/mol. The molecule has 0 aliphatic heterocycles. The van der Waals surface area contributed by atoms with Crippen molar-refractivity contribution < 1.29 is 19.0 Å². The lowest BCUT2D eigenvalue weighted by atomic mass is 9.96. The van der Waals surface area contributed by atoms with Gasteiger partial charge in [0.2, 0.25) is 0 Å². The first kappa shape index (κ1) is 28.8. The molecule has 0 radical (unpaired) electrons. The van der Waals surface area contributed by atoms with Crippen LogP contribution in [0.5, 0.6) is 11.5 Å². The third-order valence-corrected chi connectivity index (χ3v) is 6.48. The van der Waals surface area contributed by atoms with Gasteiger partial charge in [-0.25, -0.2) is 9.78 Å². The van der Waals surface area contributed by atoms with E-state index in [0.29, 0.717) is 28.0 Å². The molecule has 40 heavy (non-hydrogen) atoms. The number of hydrogen-bond donors (Lipinski definition) is 0. The molecule has 0 spiro atoms. The summed E-state index contributed by atoms with van der Waals surface area (Å²) in [4.78, 5) is 30.3. The Bertz CT molecular complexity index is 1640. The fourth-order valence-corrected chi connectivity index (χ4v) is 4.49. The molecule has 0 saturated heterocycles. The van der Waals surface area contributed by atoms with Crippen molar-refractivity contribution in [3.8, 4) is 22.9 Å². The molecule has 0 amide bonds. The van der Waals surface area contributed by atoms with Gasteiger partial charge in [-0.2, -0.15) is 9.78 Å². The minimum absolute atomic E-state index is 0.188. The zero-order chi connectivity index (χ0) is 29.0. The number of aromatic nitrogens is 2. The lowest BCUT2D eigenvalue weighted by Gasteiger charge is -2.17. The van der Waals surface area contributed by atoms with E-state index in [2.05, 4.69) is 18.9 Å².